The van der Waals surface area contributed by atoms with Gasteiger partial charge >= 0.3 is 5.97 Å². The van der Waals surface area contributed by atoms with Crippen molar-refractivity contribution in [2.75, 3.05) is 0 Å². The van der Waals surface area contributed by atoms with Crippen LogP contribution >= 0.6 is 0 Å². The molecule has 1 heterocycles. The third kappa shape index (κ3) is 2.41. The molecule has 0 aromatic heterocycles. The summed E-state index contributed by atoms with van der Waals surface area (Å²) in [4.78, 5) is 11.7. The minimum Gasteiger partial charge on any atom is -0.461 e. The van der Waals surface area contributed by atoms with Crippen molar-refractivity contribution < 1.29 is 9.53 Å². The summed E-state index contributed by atoms with van der Waals surface area (Å²) >= 11 is 0. The van der Waals surface area contributed by atoms with E-state index in [1.54, 1.807) is 0 Å². The Labute approximate surface area is 115 Å². The molecule has 1 saturated heterocycles. The maximum atomic E-state index is 11.7. The molecule has 2 fully saturated rings. The van der Waals surface area contributed by atoms with E-state index < -0.39 is 0 Å². The van der Waals surface area contributed by atoms with Crippen LogP contribution in [0.4, 0.5) is 0 Å². The lowest BCUT2D eigenvalue weighted by molar-refractivity contribution is -0.207. The van der Waals surface area contributed by atoms with Gasteiger partial charge in [0.25, 0.3) is 0 Å². The van der Waals surface area contributed by atoms with Crippen LogP contribution in [0.5, 0.6) is 0 Å². The molecule has 1 aliphatic carbocycles. The van der Waals surface area contributed by atoms with Gasteiger partial charge in [-0.05, 0) is 44.1 Å². The summed E-state index contributed by atoms with van der Waals surface area (Å²) < 4.78 is 5.39. The molecule has 3 rings (SSSR count). The Morgan fingerprint density at radius 3 is 2.53 bits per heavy atom. The third-order valence-corrected chi connectivity index (χ3v) is 4.79. The predicted molar refractivity (Wildman–Crippen MR) is 74.8 cm³/mol. The van der Waals surface area contributed by atoms with Crippen molar-refractivity contribution in [2.45, 2.75) is 57.5 Å². The first-order valence-corrected chi connectivity index (χ1v) is 7.56. The minimum absolute atomic E-state index is 0.0628. The van der Waals surface area contributed by atoms with Gasteiger partial charge in [0, 0.05) is 0 Å². The van der Waals surface area contributed by atoms with E-state index in [-0.39, 0.29) is 17.5 Å². The zero-order valence-corrected chi connectivity index (χ0v) is 11.4. The van der Waals surface area contributed by atoms with Gasteiger partial charge in [0.05, 0.1) is 0 Å². The van der Waals surface area contributed by atoms with Crippen molar-refractivity contribution in [3.05, 3.63) is 35.9 Å². The number of carbonyl (C=O) groups excluding carboxylic acids is 1. The number of ether oxygens (including phenoxy) is 1. The molecule has 19 heavy (non-hydrogen) atoms. The van der Waals surface area contributed by atoms with E-state index in [0.717, 1.165) is 32.1 Å². The number of esters is 1. The van der Waals surface area contributed by atoms with Gasteiger partial charge in [-0.1, -0.05) is 43.2 Å². The van der Waals surface area contributed by atoms with E-state index in [4.69, 9.17) is 4.74 Å². The Morgan fingerprint density at radius 2 is 1.84 bits per heavy atom. The minimum atomic E-state index is -0.0628. The summed E-state index contributed by atoms with van der Waals surface area (Å²) in [5.41, 5.74) is 1.34. The molecule has 1 aromatic carbocycles. The summed E-state index contributed by atoms with van der Waals surface area (Å²) in [5.74, 6) is 0.0815. The Morgan fingerprint density at radius 1 is 1.11 bits per heavy atom. The monoisotopic (exact) mass is 258 g/mol. The number of rotatable bonds is 5. The number of hydrogen-bond donors (Lipinski definition) is 0. The molecule has 2 heteroatoms. The van der Waals surface area contributed by atoms with Gasteiger partial charge in [-0.3, -0.25) is 4.79 Å². The average Bonchev–Trinajstić information content (AvgIpc) is 2.96. The van der Waals surface area contributed by atoms with Gasteiger partial charge < -0.3 is 4.74 Å². The van der Waals surface area contributed by atoms with E-state index in [0.29, 0.717) is 0 Å². The smallest absolute Gasteiger partial charge is 0.316 e. The van der Waals surface area contributed by atoms with Crippen LogP contribution in [0.1, 0.15) is 50.5 Å². The molecule has 102 valence electrons. The summed E-state index contributed by atoms with van der Waals surface area (Å²) in [5, 5.41) is 0. The average molecular weight is 258 g/mol. The van der Waals surface area contributed by atoms with Crippen molar-refractivity contribution in [3.63, 3.8) is 0 Å². The molecule has 1 aliphatic heterocycles. The molecular formula is C17H22O2. The van der Waals surface area contributed by atoms with Gasteiger partial charge in [0.1, 0.15) is 11.5 Å². The second-order valence-electron chi connectivity index (χ2n) is 5.99. The van der Waals surface area contributed by atoms with Crippen LogP contribution in [0.25, 0.3) is 0 Å². The van der Waals surface area contributed by atoms with Crippen LogP contribution in [-0.2, 0) is 16.0 Å². The molecule has 0 amide bonds. The van der Waals surface area contributed by atoms with E-state index >= 15 is 0 Å². The topological polar surface area (TPSA) is 26.3 Å². The Kier molecular flexibility index (Phi) is 3.58. The van der Waals surface area contributed by atoms with Crippen molar-refractivity contribution in [1.29, 1.82) is 0 Å². The molecule has 1 saturated carbocycles. The van der Waals surface area contributed by atoms with E-state index in [9.17, 15) is 4.79 Å². The van der Waals surface area contributed by atoms with Crippen molar-refractivity contribution in [3.8, 4) is 0 Å². The fourth-order valence-electron chi connectivity index (χ4n) is 3.60. The number of benzene rings is 1. The van der Waals surface area contributed by atoms with E-state index in [1.165, 1.54) is 24.8 Å². The zero-order chi connectivity index (χ0) is 13.1. The third-order valence-electron chi connectivity index (χ3n) is 4.79. The molecule has 2 nitrogen and oxygen atoms in total. The first-order chi connectivity index (χ1) is 9.31. The Balaban J connectivity index is 1.42. The first-order valence-electron chi connectivity index (χ1n) is 7.56. The molecule has 1 aromatic rings. The second kappa shape index (κ2) is 5.36. The summed E-state index contributed by atoms with van der Waals surface area (Å²) in [6.45, 7) is 0. The quantitative estimate of drug-likeness (QED) is 0.591. The molecular weight excluding hydrogens is 236 g/mol. The van der Waals surface area contributed by atoms with Gasteiger partial charge in [-0.15, -0.1) is 0 Å². The lowest BCUT2D eigenvalue weighted by atomic mass is 9.74. The van der Waals surface area contributed by atoms with Crippen molar-refractivity contribution in [1.82, 2.24) is 0 Å². The fraction of sp³-hybridized carbons (Fsp3) is 0.588. The highest BCUT2D eigenvalue weighted by Crippen LogP contribution is 2.51. The molecule has 0 N–H and O–H groups in total. The van der Waals surface area contributed by atoms with Crippen LogP contribution < -0.4 is 0 Å². The SMILES string of the molecule is O=C1OC(CCCCc2ccccc2)C12CCCC2. The van der Waals surface area contributed by atoms with Crippen LogP contribution in [0, 0.1) is 5.41 Å². The van der Waals surface area contributed by atoms with Crippen molar-refractivity contribution >= 4 is 5.97 Å². The van der Waals surface area contributed by atoms with Crippen molar-refractivity contribution in [2.24, 2.45) is 5.41 Å². The largest absolute Gasteiger partial charge is 0.461 e. The Hall–Kier alpha value is -1.31. The van der Waals surface area contributed by atoms with Crippen LogP contribution in [0.15, 0.2) is 30.3 Å². The van der Waals surface area contributed by atoms with Gasteiger partial charge in [0.15, 0.2) is 0 Å². The molecule has 0 bridgehead atoms. The summed E-state index contributed by atoms with van der Waals surface area (Å²) in [6.07, 6.45) is 9.30. The van der Waals surface area contributed by atoms with Crippen LogP contribution in [0.2, 0.25) is 0 Å². The molecule has 0 radical (unpaired) electrons. The predicted octanol–water partition coefficient (Wildman–Crippen LogP) is 3.89. The molecule has 1 unspecified atom stereocenters. The maximum Gasteiger partial charge on any atom is 0.316 e. The maximum absolute atomic E-state index is 11.7. The number of unbranched alkanes of at least 4 members (excludes halogenated alkanes) is 1. The summed E-state index contributed by atoms with van der Waals surface area (Å²) in [7, 11) is 0. The highest BCUT2D eigenvalue weighted by atomic mass is 16.6. The molecule has 1 atom stereocenters. The van der Waals surface area contributed by atoms with Gasteiger partial charge in [0.2, 0.25) is 0 Å². The highest BCUT2D eigenvalue weighted by Gasteiger charge is 2.58. The number of aryl methyl sites for hydroxylation is 1. The lowest BCUT2D eigenvalue weighted by Crippen LogP contribution is -2.54. The molecule has 2 aliphatic rings. The number of hydrogen-bond acceptors (Lipinski definition) is 2. The zero-order valence-electron chi connectivity index (χ0n) is 11.4. The molecule has 1 spiro atoms. The lowest BCUT2D eigenvalue weighted by Gasteiger charge is -2.44. The standard InChI is InChI=1S/C17H22O2/c18-16-17(12-6-7-13-17)15(19-16)11-5-4-10-14-8-2-1-3-9-14/h1-3,8-9,15H,4-7,10-13H2. The second-order valence-corrected chi connectivity index (χ2v) is 5.99. The van der Waals surface area contributed by atoms with Gasteiger partial charge in [-0.25, -0.2) is 0 Å². The van der Waals surface area contributed by atoms with E-state index in [2.05, 4.69) is 30.3 Å². The highest BCUT2D eigenvalue weighted by molar-refractivity contribution is 5.83. The van der Waals surface area contributed by atoms with Crippen LogP contribution in [-0.4, -0.2) is 12.1 Å². The fourth-order valence-corrected chi connectivity index (χ4v) is 3.60. The number of carbonyl (C=O) groups is 1. The van der Waals surface area contributed by atoms with Crippen LogP contribution in [0.3, 0.4) is 0 Å². The van der Waals surface area contributed by atoms with Gasteiger partial charge in [-0.2, -0.15) is 0 Å². The summed E-state index contributed by atoms with van der Waals surface area (Å²) in [6, 6.07) is 10.6. The van der Waals surface area contributed by atoms with E-state index in [1.807, 2.05) is 0 Å². The number of cyclic esters (lactones) is 1. The first kappa shape index (κ1) is 12.7. The Bertz CT molecular complexity index is 432. The normalized spacial score (nSPS) is 24.2.